The molecule has 2 aromatic carbocycles. The molecule has 6 nitrogen and oxygen atoms in total. The van der Waals surface area contributed by atoms with Crippen LogP contribution in [-0.4, -0.2) is 24.5 Å². The number of anilines is 1. The molecule has 6 heteroatoms. The summed E-state index contributed by atoms with van der Waals surface area (Å²) in [5.41, 5.74) is 1.88. The van der Waals surface area contributed by atoms with E-state index in [0.29, 0.717) is 17.0 Å². The molecule has 0 bridgehead atoms. The highest BCUT2D eigenvalue weighted by molar-refractivity contribution is 6.39. The summed E-state index contributed by atoms with van der Waals surface area (Å²) in [6.45, 7) is 5.91. The summed E-state index contributed by atoms with van der Waals surface area (Å²) in [6.07, 6.45) is 3.87. The van der Waals surface area contributed by atoms with Crippen molar-refractivity contribution in [3.63, 3.8) is 0 Å². The molecule has 0 unspecified atom stereocenters. The van der Waals surface area contributed by atoms with E-state index in [4.69, 9.17) is 4.74 Å². The minimum Gasteiger partial charge on any atom is -0.489 e. The zero-order valence-electron chi connectivity index (χ0n) is 15.5. The minimum absolute atomic E-state index is 0.145. The van der Waals surface area contributed by atoms with E-state index in [-0.39, 0.29) is 12.2 Å². The lowest BCUT2D eigenvalue weighted by Crippen LogP contribution is -2.54. The molecule has 1 aliphatic heterocycles. The number of hydrogen-bond acceptors (Lipinski definition) is 4. The Labute approximate surface area is 163 Å². The number of nitrogens with one attached hydrogen (secondary N) is 1. The van der Waals surface area contributed by atoms with Gasteiger partial charge in [0.05, 0.1) is 5.69 Å². The summed E-state index contributed by atoms with van der Waals surface area (Å²) >= 11 is 0. The number of nitrogens with zero attached hydrogens (tertiary/aromatic N) is 1. The van der Waals surface area contributed by atoms with Gasteiger partial charge < -0.3 is 4.74 Å². The first-order valence-corrected chi connectivity index (χ1v) is 8.88. The molecule has 0 atom stereocenters. The number of para-hydroxylation sites is 1. The maximum absolute atomic E-state index is 12.9. The lowest BCUT2D eigenvalue weighted by Gasteiger charge is -2.26. The Bertz CT molecular complexity index is 961. The smallest absolute Gasteiger partial charge is 0.335 e. The van der Waals surface area contributed by atoms with Crippen molar-refractivity contribution in [1.82, 2.24) is 5.32 Å². The number of aryl methyl sites for hydroxylation is 1. The number of ether oxygens (including phenoxy) is 1. The summed E-state index contributed by atoms with van der Waals surface area (Å²) in [7, 11) is 0. The number of hydrogen-bond donors (Lipinski definition) is 1. The van der Waals surface area contributed by atoms with Crippen molar-refractivity contribution in [3.05, 3.63) is 77.9 Å². The summed E-state index contributed by atoms with van der Waals surface area (Å²) in [5, 5.41) is 2.22. The first-order valence-electron chi connectivity index (χ1n) is 8.88. The highest BCUT2D eigenvalue weighted by atomic mass is 16.5. The zero-order valence-corrected chi connectivity index (χ0v) is 15.5. The van der Waals surface area contributed by atoms with Crippen molar-refractivity contribution in [2.75, 3.05) is 11.5 Å². The van der Waals surface area contributed by atoms with Crippen LogP contribution in [0.4, 0.5) is 10.5 Å². The molecule has 2 aromatic rings. The van der Waals surface area contributed by atoms with Crippen LogP contribution in [-0.2, 0) is 16.0 Å². The summed E-state index contributed by atoms with van der Waals surface area (Å²) < 4.78 is 5.57. The van der Waals surface area contributed by atoms with Crippen LogP contribution in [0, 0.1) is 0 Å². The second-order valence-electron chi connectivity index (χ2n) is 6.12. The Balaban J connectivity index is 1.98. The quantitative estimate of drug-likeness (QED) is 0.476. The number of benzene rings is 2. The Morgan fingerprint density at radius 2 is 1.79 bits per heavy atom. The average molecular weight is 376 g/mol. The maximum Gasteiger partial charge on any atom is 0.335 e. The van der Waals surface area contributed by atoms with E-state index < -0.39 is 17.8 Å². The minimum atomic E-state index is -0.771. The summed E-state index contributed by atoms with van der Waals surface area (Å²) in [5.74, 6) is -0.919. The number of urea groups is 1. The molecule has 0 saturated carbocycles. The largest absolute Gasteiger partial charge is 0.489 e. The summed E-state index contributed by atoms with van der Waals surface area (Å²) in [4.78, 5) is 38.5. The Morgan fingerprint density at radius 1 is 1.07 bits per heavy atom. The molecule has 1 fully saturated rings. The molecule has 0 radical (unpaired) electrons. The third-order valence-electron chi connectivity index (χ3n) is 4.28. The van der Waals surface area contributed by atoms with E-state index in [9.17, 15) is 14.4 Å². The molecule has 0 spiro atoms. The number of carbonyl (C=O) groups is 3. The van der Waals surface area contributed by atoms with Crippen molar-refractivity contribution in [2.45, 2.75) is 13.3 Å². The normalized spacial score (nSPS) is 15.5. The van der Waals surface area contributed by atoms with E-state index in [1.807, 2.05) is 19.1 Å². The van der Waals surface area contributed by atoms with Crippen LogP contribution in [0.3, 0.4) is 0 Å². The molecule has 0 aliphatic carbocycles. The highest BCUT2D eigenvalue weighted by Gasteiger charge is 2.36. The van der Waals surface area contributed by atoms with E-state index in [1.54, 1.807) is 42.5 Å². The van der Waals surface area contributed by atoms with Gasteiger partial charge >= 0.3 is 6.03 Å². The van der Waals surface area contributed by atoms with Gasteiger partial charge in [-0.25, -0.2) is 9.69 Å². The predicted molar refractivity (Wildman–Crippen MR) is 107 cm³/mol. The first kappa shape index (κ1) is 19.1. The van der Waals surface area contributed by atoms with Gasteiger partial charge in [-0.15, -0.1) is 0 Å². The van der Waals surface area contributed by atoms with Gasteiger partial charge in [0, 0.05) is 5.56 Å². The molecule has 1 aliphatic rings. The number of imide groups is 2. The lowest BCUT2D eigenvalue weighted by molar-refractivity contribution is -0.122. The zero-order chi connectivity index (χ0) is 20.1. The number of carbonyl (C=O) groups excluding carboxylic acids is 3. The fourth-order valence-corrected chi connectivity index (χ4v) is 2.81. The van der Waals surface area contributed by atoms with Gasteiger partial charge in [-0.3, -0.25) is 14.9 Å². The van der Waals surface area contributed by atoms with Crippen LogP contribution in [0.15, 0.2) is 66.8 Å². The third-order valence-corrected chi connectivity index (χ3v) is 4.28. The first-order chi connectivity index (χ1) is 13.5. The van der Waals surface area contributed by atoms with Gasteiger partial charge in [-0.05, 0) is 36.3 Å². The van der Waals surface area contributed by atoms with Crippen molar-refractivity contribution in [1.29, 1.82) is 0 Å². The van der Waals surface area contributed by atoms with Crippen LogP contribution in [0.2, 0.25) is 0 Å². The van der Waals surface area contributed by atoms with E-state index in [1.165, 1.54) is 6.08 Å². The average Bonchev–Trinajstić information content (AvgIpc) is 2.70. The third kappa shape index (κ3) is 3.86. The summed E-state index contributed by atoms with van der Waals surface area (Å²) in [6, 6.07) is 13.3. The topological polar surface area (TPSA) is 75.7 Å². The molecular weight excluding hydrogens is 356 g/mol. The van der Waals surface area contributed by atoms with Crippen LogP contribution in [0.25, 0.3) is 6.08 Å². The van der Waals surface area contributed by atoms with Gasteiger partial charge in [0.15, 0.2) is 0 Å². The molecule has 1 saturated heterocycles. The van der Waals surface area contributed by atoms with Crippen LogP contribution >= 0.6 is 0 Å². The van der Waals surface area contributed by atoms with Gasteiger partial charge in [0.25, 0.3) is 11.8 Å². The van der Waals surface area contributed by atoms with Crippen molar-refractivity contribution >= 4 is 29.6 Å². The monoisotopic (exact) mass is 376 g/mol. The molecule has 28 heavy (non-hydrogen) atoms. The maximum atomic E-state index is 12.9. The van der Waals surface area contributed by atoms with Crippen LogP contribution in [0.5, 0.6) is 5.75 Å². The van der Waals surface area contributed by atoms with Crippen LogP contribution < -0.4 is 15.0 Å². The van der Waals surface area contributed by atoms with Gasteiger partial charge in [0.1, 0.15) is 17.9 Å². The molecule has 1 N–H and O–H groups in total. The number of barbiturate groups is 1. The highest BCUT2D eigenvalue weighted by Crippen LogP contribution is 2.25. The van der Waals surface area contributed by atoms with E-state index >= 15 is 0 Å². The van der Waals surface area contributed by atoms with Crippen LogP contribution in [0.1, 0.15) is 18.1 Å². The fraction of sp³-hybridized carbons (Fsp3) is 0.136. The molecule has 142 valence electrons. The van der Waals surface area contributed by atoms with Gasteiger partial charge in [0.2, 0.25) is 0 Å². The predicted octanol–water partition coefficient (Wildman–Crippen LogP) is 3.48. The van der Waals surface area contributed by atoms with E-state index in [2.05, 4.69) is 11.9 Å². The van der Waals surface area contributed by atoms with E-state index in [0.717, 1.165) is 16.9 Å². The van der Waals surface area contributed by atoms with Gasteiger partial charge in [-0.1, -0.05) is 49.9 Å². The Morgan fingerprint density at radius 3 is 2.46 bits per heavy atom. The Kier molecular flexibility index (Phi) is 5.69. The molecular formula is C22H20N2O4. The number of rotatable bonds is 6. The lowest BCUT2D eigenvalue weighted by atomic mass is 10.1. The van der Waals surface area contributed by atoms with Crippen molar-refractivity contribution in [2.24, 2.45) is 0 Å². The number of amides is 4. The molecule has 4 amide bonds. The second kappa shape index (κ2) is 8.35. The van der Waals surface area contributed by atoms with Crippen molar-refractivity contribution in [3.8, 4) is 5.75 Å². The molecule has 3 rings (SSSR count). The Hall–Kier alpha value is -3.67. The second-order valence-corrected chi connectivity index (χ2v) is 6.12. The molecule has 0 aromatic heterocycles. The van der Waals surface area contributed by atoms with Gasteiger partial charge in [-0.2, -0.15) is 0 Å². The SMILES string of the molecule is C=CCOc1ccccc1/C=C1\C(=O)NC(=O)N(c2ccc(CC)cc2)C1=O. The van der Waals surface area contributed by atoms with Crippen molar-refractivity contribution < 1.29 is 19.1 Å². The standard InChI is InChI=1S/C22H20N2O4/c1-3-13-28-19-8-6-5-7-16(19)14-18-20(25)23-22(27)24(21(18)26)17-11-9-15(4-2)10-12-17/h3,5-12,14H,1,4,13H2,2H3,(H,23,25,27)/b18-14+. The molecule has 1 heterocycles. The fourth-order valence-electron chi connectivity index (χ4n) is 2.81.